The quantitative estimate of drug-likeness (QED) is 0.718. The Morgan fingerprint density at radius 1 is 1.04 bits per heavy atom. The molecule has 0 amide bonds. The van der Waals surface area contributed by atoms with Gasteiger partial charge in [-0.3, -0.25) is 0 Å². The molecular weight excluding hydrogens is 310 g/mol. The van der Waals surface area contributed by atoms with Crippen LogP contribution >= 0.6 is 11.3 Å². The van der Waals surface area contributed by atoms with Gasteiger partial charge in [-0.25, -0.2) is 9.97 Å². The summed E-state index contributed by atoms with van der Waals surface area (Å²) in [5, 5.41) is 3.73. The summed E-state index contributed by atoms with van der Waals surface area (Å²) in [6.45, 7) is 6.23. The van der Waals surface area contributed by atoms with Crippen LogP contribution in [-0.4, -0.2) is 29.2 Å². The molecule has 0 aliphatic rings. The molecule has 1 aromatic carbocycles. The van der Waals surface area contributed by atoms with Gasteiger partial charge in [-0.05, 0) is 25.0 Å². The number of hydrogen-bond acceptors (Lipinski definition) is 6. The molecule has 0 N–H and O–H groups in total. The van der Waals surface area contributed by atoms with Gasteiger partial charge in [0, 0.05) is 10.9 Å². The third kappa shape index (κ3) is 2.74. The van der Waals surface area contributed by atoms with Gasteiger partial charge in [0.2, 0.25) is 5.88 Å². The topological polar surface area (TPSA) is 57.1 Å². The van der Waals surface area contributed by atoms with Crippen molar-refractivity contribution in [3.05, 3.63) is 28.8 Å². The first-order valence-electron chi connectivity index (χ1n) is 7.40. The molecule has 2 aromatic heterocycles. The summed E-state index contributed by atoms with van der Waals surface area (Å²) in [7, 11) is 3.27. The molecule has 0 bridgehead atoms. The lowest BCUT2D eigenvalue weighted by atomic mass is 10.1. The van der Waals surface area contributed by atoms with E-state index in [4.69, 9.17) is 14.5 Å². The second-order valence-corrected chi connectivity index (χ2v) is 6.44. The highest BCUT2D eigenvalue weighted by Gasteiger charge is 2.16. The van der Waals surface area contributed by atoms with Crippen molar-refractivity contribution in [1.29, 1.82) is 0 Å². The van der Waals surface area contributed by atoms with Crippen molar-refractivity contribution in [2.75, 3.05) is 14.2 Å². The lowest BCUT2D eigenvalue weighted by Crippen LogP contribution is -1.99. The fourth-order valence-corrected chi connectivity index (χ4v) is 3.32. The summed E-state index contributed by atoms with van der Waals surface area (Å²) >= 11 is 1.55. The zero-order chi connectivity index (χ0) is 16.6. The van der Waals surface area contributed by atoms with Crippen LogP contribution in [0.1, 0.15) is 31.0 Å². The van der Waals surface area contributed by atoms with Crippen molar-refractivity contribution >= 4 is 22.2 Å². The molecule has 0 aliphatic carbocycles. The summed E-state index contributed by atoms with van der Waals surface area (Å²) in [4.78, 5) is 13.9. The molecule has 120 valence electrons. The molecule has 3 aromatic rings. The molecule has 0 saturated carbocycles. The predicted molar refractivity (Wildman–Crippen MR) is 92.6 cm³/mol. The molecule has 0 unspecified atom stereocenters. The van der Waals surface area contributed by atoms with E-state index in [1.165, 1.54) is 0 Å². The van der Waals surface area contributed by atoms with Gasteiger partial charge in [0.15, 0.2) is 10.8 Å². The number of aromatic nitrogens is 3. The van der Waals surface area contributed by atoms with E-state index in [1.54, 1.807) is 25.6 Å². The Balaban J connectivity index is 2.23. The van der Waals surface area contributed by atoms with E-state index in [2.05, 4.69) is 29.2 Å². The highest BCUT2D eigenvalue weighted by Crippen LogP contribution is 2.33. The van der Waals surface area contributed by atoms with Gasteiger partial charge in [-0.2, -0.15) is 4.98 Å². The van der Waals surface area contributed by atoms with Crippen LogP contribution in [0.4, 0.5) is 0 Å². The van der Waals surface area contributed by atoms with Crippen molar-refractivity contribution in [2.24, 2.45) is 0 Å². The molecule has 0 saturated heterocycles. The lowest BCUT2D eigenvalue weighted by Gasteiger charge is -2.11. The second-order valence-electron chi connectivity index (χ2n) is 5.58. The first kappa shape index (κ1) is 15.7. The molecule has 2 heterocycles. The molecule has 0 aliphatic heterocycles. The van der Waals surface area contributed by atoms with E-state index in [0.717, 1.165) is 32.9 Å². The van der Waals surface area contributed by atoms with Crippen molar-refractivity contribution in [1.82, 2.24) is 15.0 Å². The lowest BCUT2D eigenvalue weighted by molar-refractivity contribution is 0.402. The molecule has 0 fully saturated rings. The third-order valence-corrected chi connectivity index (χ3v) is 4.61. The van der Waals surface area contributed by atoms with E-state index in [9.17, 15) is 0 Å². The van der Waals surface area contributed by atoms with E-state index >= 15 is 0 Å². The first-order valence-corrected chi connectivity index (χ1v) is 8.28. The fraction of sp³-hybridized carbons (Fsp3) is 0.353. The molecule has 6 heteroatoms. The van der Waals surface area contributed by atoms with Crippen molar-refractivity contribution in [3.63, 3.8) is 0 Å². The van der Waals surface area contributed by atoms with E-state index < -0.39 is 0 Å². The van der Waals surface area contributed by atoms with E-state index in [1.807, 2.05) is 19.1 Å². The van der Waals surface area contributed by atoms with Crippen molar-refractivity contribution in [2.45, 2.75) is 26.7 Å². The molecule has 3 rings (SSSR count). The number of benzene rings is 1. The number of nitrogens with zero attached hydrogens (tertiary/aromatic N) is 3. The molecule has 0 spiro atoms. The SMILES string of the molecule is COc1ccc2c(OC)nc(-c3nc(C(C)C)cs3)nc2c1C. The number of aryl methyl sites for hydroxylation is 1. The maximum Gasteiger partial charge on any atom is 0.224 e. The highest BCUT2D eigenvalue weighted by atomic mass is 32.1. The Kier molecular flexibility index (Phi) is 4.17. The summed E-state index contributed by atoms with van der Waals surface area (Å²) in [5.41, 5.74) is 2.84. The average Bonchev–Trinajstić information content (AvgIpc) is 3.05. The number of ether oxygens (including phenoxy) is 2. The van der Waals surface area contributed by atoms with Gasteiger partial charge < -0.3 is 9.47 Å². The van der Waals surface area contributed by atoms with Crippen molar-refractivity contribution < 1.29 is 9.47 Å². The Morgan fingerprint density at radius 3 is 2.43 bits per heavy atom. The van der Waals surface area contributed by atoms with Crippen LogP contribution in [0.3, 0.4) is 0 Å². The van der Waals surface area contributed by atoms with E-state index in [0.29, 0.717) is 17.6 Å². The Morgan fingerprint density at radius 2 is 1.83 bits per heavy atom. The van der Waals surface area contributed by atoms with Gasteiger partial charge in [0.05, 0.1) is 30.8 Å². The van der Waals surface area contributed by atoms with E-state index in [-0.39, 0.29) is 0 Å². The molecular formula is C17H19N3O2S. The summed E-state index contributed by atoms with van der Waals surface area (Å²) in [5.74, 6) is 2.31. The normalized spacial score (nSPS) is 11.2. The zero-order valence-electron chi connectivity index (χ0n) is 13.9. The van der Waals surface area contributed by atoms with Gasteiger partial charge >= 0.3 is 0 Å². The number of thiazole rings is 1. The highest BCUT2D eigenvalue weighted by molar-refractivity contribution is 7.13. The van der Waals surface area contributed by atoms with Crippen LogP contribution in [0, 0.1) is 6.92 Å². The van der Waals surface area contributed by atoms with Crippen molar-refractivity contribution in [3.8, 4) is 22.5 Å². The van der Waals surface area contributed by atoms with Gasteiger partial charge in [0.25, 0.3) is 0 Å². The smallest absolute Gasteiger partial charge is 0.224 e. The van der Waals surface area contributed by atoms with Crippen LogP contribution in [-0.2, 0) is 0 Å². The third-order valence-electron chi connectivity index (χ3n) is 3.75. The predicted octanol–water partition coefficient (Wildman–Crippen LogP) is 4.20. The Hall–Kier alpha value is -2.21. The van der Waals surface area contributed by atoms with Crippen LogP contribution in [0.15, 0.2) is 17.5 Å². The summed E-state index contributed by atoms with van der Waals surface area (Å²) in [6.07, 6.45) is 0. The molecule has 0 atom stereocenters. The standard InChI is InChI=1S/C17H19N3O2S/c1-9(2)12-8-23-17(18-12)15-19-14-10(3)13(21-4)7-6-11(14)16(20-15)22-5/h6-9H,1-5H3. The van der Waals surface area contributed by atoms with Crippen LogP contribution in [0.25, 0.3) is 21.7 Å². The largest absolute Gasteiger partial charge is 0.496 e. The fourth-order valence-electron chi connectivity index (χ4n) is 2.41. The Bertz CT molecular complexity index is 858. The minimum atomic E-state index is 0.379. The number of methoxy groups -OCH3 is 2. The summed E-state index contributed by atoms with van der Waals surface area (Å²) in [6, 6.07) is 3.83. The zero-order valence-corrected chi connectivity index (χ0v) is 14.7. The first-order chi connectivity index (χ1) is 11.0. The maximum atomic E-state index is 5.46. The second kappa shape index (κ2) is 6.12. The minimum absolute atomic E-state index is 0.379. The number of hydrogen-bond donors (Lipinski definition) is 0. The molecule has 5 nitrogen and oxygen atoms in total. The van der Waals surface area contributed by atoms with Gasteiger partial charge in [-0.1, -0.05) is 13.8 Å². The van der Waals surface area contributed by atoms with Crippen LogP contribution in [0.5, 0.6) is 11.6 Å². The Labute approximate surface area is 139 Å². The minimum Gasteiger partial charge on any atom is -0.496 e. The van der Waals surface area contributed by atoms with Gasteiger partial charge in [-0.15, -0.1) is 11.3 Å². The number of fused-ring (bicyclic) bond motifs is 1. The monoisotopic (exact) mass is 329 g/mol. The maximum absolute atomic E-state index is 5.46. The number of rotatable bonds is 4. The molecule has 0 radical (unpaired) electrons. The van der Waals surface area contributed by atoms with Gasteiger partial charge in [0.1, 0.15) is 5.75 Å². The molecule has 23 heavy (non-hydrogen) atoms. The van der Waals surface area contributed by atoms with Crippen LogP contribution in [0.2, 0.25) is 0 Å². The summed E-state index contributed by atoms with van der Waals surface area (Å²) < 4.78 is 10.9. The average molecular weight is 329 g/mol. The van der Waals surface area contributed by atoms with Crippen LogP contribution < -0.4 is 9.47 Å².